The number of carbonyl (C=O) groups is 2. The predicted molar refractivity (Wildman–Crippen MR) is 59.1 cm³/mol. The molecular weight excluding hydrogens is 250 g/mol. The molecule has 1 aromatic heterocycles. The average Bonchev–Trinajstić information content (AvgIpc) is 2.27. The summed E-state index contributed by atoms with van der Waals surface area (Å²) >= 11 is 5.74. The molecule has 8 heteroatoms. The van der Waals surface area contributed by atoms with Crippen molar-refractivity contribution >= 4 is 29.4 Å². The quantitative estimate of drug-likeness (QED) is 0.754. The normalized spacial score (nSPS) is 9.76. The number of ether oxygens (including phenoxy) is 1. The van der Waals surface area contributed by atoms with Gasteiger partial charge in [-0.25, -0.2) is 14.8 Å². The third-order valence-electron chi connectivity index (χ3n) is 1.70. The molecular formula is C9H10ClN3O4. The minimum absolute atomic E-state index is 0.0760. The van der Waals surface area contributed by atoms with Crippen LogP contribution in [0.3, 0.4) is 0 Å². The Bertz CT molecular complexity index is 438. The number of rotatable bonds is 5. The van der Waals surface area contributed by atoms with E-state index in [0.29, 0.717) is 0 Å². The second kappa shape index (κ2) is 6.00. The van der Waals surface area contributed by atoms with Crippen molar-refractivity contribution in [2.75, 3.05) is 18.5 Å². The monoisotopic (exact) mass is 259 g/mol. The molecule has 0 aliphatic heterocycles. The van der Waals surface area contributed by atoms with Crippen molar-refractivity contribution in [2.45, 2.75) is 6.92 Å². The maximum atomic E-state index is 11.1. The summed E-state index contributed by atoms with van der Waals surface area (Å²) in [5.74, 6) is -1.68. The zero-order valence-corrected chi connectivity index (χ0v) is 9.69. The Hall–Kier alpha value is -1.89. The van der Waals surface area contributed by atoms with Gasteiger partial charge in [-0.3, -0.25) is 4.79 Å². The maximum absolute atomic E-state index is 11.1. The van der Waals surface area contributed by atoms with Gasteiger partial charge in [-0.1, -0.05) is 11.6 Å². The first-order valence-electron chi connectivity index (χ1n) is 4.69. The van der Waals surface area contributed by atoms with Gasteiger partial charge >= 0.3 is 11.9 Å². The van der Waals surface area contributed by atoms with Crippen LogP contribution in [0.15, 0.2) is 6.33 Å². The van der Waals surface area contributed by atoms with Gasteiger partial charge < -0.3 is 15.2 Å². The Kier molecular flexibility index (Phi) is 4.65. The van der Waals surface area contributed by atoms with Crippen LogP contribution >= 0.6 is 11.6 Å². The number of esters is 1. The van der Waals surface area contributed by atoms with Crippen molar-refractivity contribution in [1.29, 1.82) is 0 Å². The van der Waals surface area contributed by atoms with Gasteiger partial charge in [-0.15, -0.1) is 0 Å². The highest BCUT2D eigenvalue weighted by atomic mass is 35.5. The van der Waals surface area contributed by atoms with Crippen molar-refractivity contribution in [3.63, 3.8) is 0 Å². The van der Waals surface area contributed by atoms with E-state index >= 15 is 0 Å². The van der Waals surface area contributed by atoms with Crippen LogP contribution in [0, 0.1) is 0 Å². The van der Waals surface area contributed by atoms with E-state index in [1.54, 1.807) is 6.92 Å². The largest absolute Gasteiger partial charge is 0.476 e. The summed E-state index contributed by atoms with van der Waals surface area (Å²) in [4.78, 5) is 29.0. The van der Waals surface area contributed by atoms with Crippen LogP contribution in [-0.4, -0.2) is 40.2 Å². The molecule has 92 valence electrons. The van der Waals surface area contributed by atoms with Crippen LogP contribution in [-0.2, 0) is 9.53 Å². The van der Waals surface area contributed by atoms with Crippen LogP contribution in [0.25, 0.3) is 0 Å². The van der Waals surface area contributed by atoms with E-state index in [1.807, 2.05) is 0 Å². The fraction of sp³-hybridized carbons (Fsp3) is 0.333. The molecule has 0 aliphatic rings. The molecule has 1 aromatic rings. The van der Waals surface area contributed by atoms with Crippen molar-refractivity contribution < 1.29 is 19.4 Å². The number of aromatic nitrogens is 2. The Balaban J connectivity index is 2.75. The van der Waals surface area contributed by atoms with Crippen molar-refractivity contribution in [2.24, 2.45) is 0 Å². The zero-order valence-electron chi connectivity index (χ0n) is 8.94. The lowest BCUT2D eigenvalue weighted by Gasteiger charge is -2.07. The number of hydrogen-bond donors (Lipinski definition) is 2. The first-order valence-corrected chi connectivity index (χ1v) is 5.07. The van der Waals surface area contributed by atoms with Crippen molar-refractivity contribution in [1.82, 2.24) is 9.97 Å². The van der Waals surface area contributed by atoms with Gasteiger partial charge in [0.1, 0.15) is 23.7 Å². The molecule has 7 nitrogen and oxygen atoms in total. The second-order valence-electron chi connectivity index (χ2n) is 2.85. The summed E-state index contributed by atoms with van der Waals surface area (Å²) in [5.41, 5.74) is -0.326. The molecule has 0 unspecified atom stereocenters. The molecule has 0 fully saturated rings. The topological polar surface area (TPSA) is 101 Å². The molecule has 0 aliphatic carbocycles. The highest BCUT2D eigenvalue weighted by molar-refractivity contribution is 6.35. The lowest BCUT2D eigenvalue weighted by molar-refractivity contribution is -0.140. The Morgan fingerprint density at radius 3 is 2.82 bits per heavy atom. The molecule has 1 heterocycles. The molecule has 17 heavy (non-hydrogen) atoms. The van der Waals surface area contributed by atoms with Gasteiger partial charge in [-0.05, 0) is 6.92 Å². The van der Waals surface area contributed by atoms with Gasteiger partial charge in [-0.2, -0.15) is 0 Å². The molecule has 0 spiro atoms. The number of carbonyl (C=O) groups excluding carboxylic acids is 1. The van der Waals surface area contributed by atoms with Gasteiger partial charge in [0.25, 0.3) is 0 Å². The zero-order chi connectivity index (χ0) is 12.8. The third-order valence-corrected chi connectivity index (χ3v) is 2.06. The molecule has 0 saturated carbocycles. The first-order chi connectivity index (χ1) is 8.06. The third kappa shape index (κ3) is 3.56. The molecule has 0 bridgehead atoms. The average molecular weight is 260 g/mol. The standard InChI is InChI=1S/C9H10ClN3O4/c1-2-17-5(14)3-11-8-6(10)7(9(15)16)12-4-13-8/h4H,2-3H2,1H3,(H,15,16)(H,11,12,13). The van der Waals surface area contributed by atoms with Crippen LogP contribution in [0.5, 0.6) is 0 Å². The summed E-state index contributed by atoms with van der Waals surface area (Å²) in [5, 5.41) is 11.2. The van der Waals surface area contributed by atoms with Crippen LogP contribution in [0.4, 0.5) is 5.82 Å². The van der Waals surface area contributed by atoms with E-state index < -0.39 is 11.9 Å². The lowest BCUT2D eigenvalue weighted by Crippen LogP contribution is -2.18. The molecule has 0 saturated heterocycles. The van der Waals surface area contributed by atoms with E-state index in [9.17, 15) is 9.59 Å². The number of nitrogens with zero attached hydrogens (tertiary/aromatic N) is 2. The van der Waals surface area contributed by atoms with E-state index in [-0.39, 0.29) is 29.7 Å². The van der Waals surface area contributed by atoms with E-state index in [2.05, 4.69) is 20.0 Å². The fourth-order valence-corrected chi connectivity index (χ4v) is 1.26. The van der Waals surface area contributed by atoms with Crippen molar-refractivity contribution in [3.8, 4) is 0 Å². The second-order valence-corrected chi connectivity index (χ2v) is 3.23. The molecule has 0 radical (unpaired) electrons. The SMILES string of the molecule is CCOC(=O)CNc1ncnc(C(=O)O)c1Cl. The van der Waals surface area contributed by atoms with E-state index in [1.165, 1.54) is 0 Å². The van der Waals surface area contributed by atoms with Crippen LogP contribution in [0.2, 0.25) is 5.02 Å². The Morgan fingerprint density at radius 2 is 2.24 bits per heavy atom. The summed E-state index contributed by atoms with van der Waals surface area (Å²) in [6.07, 6.45) is 1.04. The lowest BCUT2D eigenvalue weighted by atomic mass is 10.4. The Labute approximate surface area is 102 Å². The van der Waals surface area contributed by atoms with E-state index in [4.69, 9.17) is 16.7 Å². The molecule has 1 rings (SSSR count). The Morgan fingerprint density at radius 1 is 1.53 bits per heavy atom. The number of carboxylic acid groups (broad SMARTS) is 1. The number of nitrogens with one attached hydrogen (secondary N) is 1. The highest BCUT2D eigenvalue weighted by Crippen LogP contribution is 2.21. The van der Waals surface area contributed by atoms with E-state index in [0.717, 1.165) is 6.33 Å². The first kappa shape index (κ1) is 13.2. The van der Waals surface area contributed by atoms with Crippen LogP contribution in [0.1, 0.15) is 17.4 Å². The molecule has 0 amide bonds. The smallest absolute Gasteiger partial charge is 0.356 e. The highest BCUT2D eigenvalue weighted by Gasteiger charge is 2.15. The van der Waals surface area contributed by atoms with Gasteiger partial charge in [0.15, 0.2) is 5.69 Å². The summed E-state index contributed by atoms with van der Waals surface area (Å²) < 4.78 is 4.68. The minimum Gasteiger partial charge on any atom is -0.476 e. The predicted octanol–water partition coefficient (Wildman–Crippen LogP) is 0.803. The molecule has 0 aromatic carbocycles. The maximum Gasteiger partial charge on any atom is 0.356 e. The van der Waals surface area contributed by atoms with Crippen LogP contribution < -0.4 is 5.32 Å². The summed E-state index contributed by atoms with van der Waals surface area (Å²) in [7, 11) is 0. The summed E-state index contributed by atoms with van der Waals surface area (Å²) in [6, 6.07) is 0. The molecule has 0 atom stereocenters. The minimum atomic E-state index is -1.27. The van der Waals surface area contributed by atoms with Gasteiger partial charge in [0.2, 0.25) is 0 Å². The fourth-order valence-electron chi connectivity index (χ4n) is 1.01. The molecule has 2 N–H and O–H groups in total. The number of carboxylic acids is 1. The number of aromatic carboxylic acids is 1. The van der Waals surface area contributed by atoms with Gasteiger partial charge in [0.05, 0.1) is 6.61 Å². The number of halogens is 1. The number of hydrogen-bond acceptors (Lipinski definition) is 6. The van der Waals surface area contributed by atoms with Gasteiger partial charge in [0, 0.05) is 0 Å². The summed E-state index contributed by atoms with van der Waals surface area (Å²) in [6.45, 7) is 1.79. The van der Waals surface area contributed by atoms with Crippen molar-refractivity contribution in [3.05, 3.63) is 17.0 Å². The number of anilines is 1.